The number of nitrogens with zero attached hydrogens (tertiary/aromatic N) is 3. The number of fused-ring (bicyclic) bond motifs is 1. The molecule has 7 N–H and O–H groups in total. The average Bonchev–Trinajstić information content (AvgIpc) is 3.88. The van der Waals surface area contributed by atoms with Crippen LogP contribution in [0.5, 0.6) is 0 Å². The molecule has 6 amide bonds. The van der Waals surface area contributed by atoms with E-state index in [-0.39, 0.29) is 68.5 Å². The van der Waals surface area contributed by atoms with Crippen LogP contribution in [-0.4, -0.2) is 101 Å². The van der Waals surface area contributed by atoms with Crippen molar-refractivity contribution in [2.75, 3.05) is 26.2 Å². The lowest BCUT2D eigenvalue weighted by molar-refractivity contribution is -0.525. The van der Waals surface area contributed by atoms with Crippen LogP contribution in [0.1, 0.15) is 131 Å². The highest BCUT2D eigenvalue weighted by Gasteiger charge is 2.36. The molecule has 0 aromatic heterocycles. The maximum Gasteiger partial charge on any atom is 0.407 e. The zero-order valence-corrected chi connectivity index (χ0v) is 37.7. The molecule has 65 heavy (non-hydrogen) atoms. The molecule has 2 aromatic carbocycles. The number of carbonyl (C=O) groups excluding carboxylic acids is 7. The molecule has 0 radical (unpaired) electrons. The van der Waals surface area contributed by atoms with Gasteiger partial charge in [0, 0.05) is 38.5 Å². The van der Waals surface area contributed by atoms with Crippen LogP contribution in [0, 0.1) is 22.0 Å². The van der Waals surface area contributed by atoms with Gasteiger partial charge in [0.25, 0.3) is 23.7 Å². The zero-order valence-electron chi connectivity index (χ0n) is 37.7. The minimum absolute atomic E-state index is 0.0111. The van der Waals surface area contributed by atoms with Crippen molar-refractivity contribution < 1.29 is 43.3 Å². The van der Waals surface area contributed by atoms with E-state index in [2.05, 4.69) is 26.3 Å². The van der Waals surface area contributed by atoms with Crippen molar-refractivity contribution in [2.45, 2.75) is 128 Å². The van der Waals surface area contributed by atoms with Crippen molar-refractivity contribution in [1.29, 1.82) is 0 Å². The molecule has 0 unspecified atom stereocenters. The number of aliphatic imine (C=N–C) groups is 1. The number of alkyl carbamates (subject to hydrolysis) is 1. The standard InChI is InChI=1S/C46H65N9O10/c1-46(2,3)65-45(62)50-28-27-48-41(59)38(56)37(30-31-18-9-8-10-19-31)52-40(58)36(25-17-26-49-44(47)53-55(63)64)51-39(57)33(32-20-12-13-21-32)22-11-6-4-5-7-16-29-54-42(60)34-23-14-15-24-35(34)43(54)61/h8-10,14-15,18-19,23-24,32-33,36-37H,4-7,11-13,16-17,20-22,25-30H2,1-3H3,(H,48,59)(H,50,62)(H,51,57)(H,52,58)(H3,47,49,53)/t33-,36+,37+/m1/s1. The smallest absolute Gasteiger partial charge is 0.407 e. The molecule has 3 atom stereocenters. The van der Waals surface area contributed by atoms with Crippen LogP contribution < -0.4 is 32.4 Å². The van der Waals surface area contributed by atoms with Crippen molar-refractivity contribution in [3.8, 4) is 0 Å². The molecule has 0 bridgehead atoms. The second-order valence-corrected chi connectivity index (χ2v) is 17.5. The number of hydrogen-bond acceptors (Lipinski definition) is 11. The Kier molecular flexibility index (Phi) is 20.3. The summed E-state index contributed by atoms with van der Waals surface area (Å²) < 4.78 is 5.19. The van der Waals surface area contributed by atoms with Crippen LogP contribution in [-0.2, 0) is 30.3 Å². The van der Waals surface area contributed by atoms with Crippen molar-refractivity contribution in [1.82, 2.24) is 31.6 Å². The number of rotatable bonds is 26. The van der Waals surface area contributed by atoms with Crippen LogP contribution >= 0.6 is 0 Å². The van der Waals surface area contributed by atoms with Crippen LogP contribution in [0.2, 0.25) is 0 Å². The largest absolute Gasteiger partial charge is 0.444 e. The third-order valence-corrected chi connectivity index (χ3v) is 11.3. The molecular weight excluding hydrogens is 839 g/mol. The Morgan fingerprint density at radius 2 is 1.38 bits per heavy atom. The summed E-state index contributed by atoms with van der Waals surface area (Å²) in [7, 11) is 0. The van der Waals surface area contributed by atoms with E-state index in [1.165, 1.54) is 4.90 Å². The Balaban J connectivity index is 1.37. The van der Waals surface area contributed by atoms with E-state index in [0.717, 1.165) is 57.8 Å². The number of unbranched alkanes of at least 4 members (excludes halogenated alkanes) is 5. The van der Waals surface area contributed by atoms with Gasteiger partial charge in [-0.05, 0) is 82.9 Å². The van der Waals surface area contributed by atoms with Gasteiger partial charge in [0.2, 0.25) is 17.6 Å². The molecule has 4 rings (SSSR count). The molecule has 2 aromatic rings. The number of nitrogens with one attached hydrogen (secondary N) is 5. The molecule has 1 aliphatic heterocycles. The minimum Gasteiger partial charge on any atom is -0.444 e. The monoisotopic (exact) mass is 903 g/mol. The van der Waals surface area contributed by atoms with E-state index in [4.69, 9.17) is 10.5 Å². The van der Waals surface area contributed by atoms with E-state index in [9.17, 15) is 43.7 Å². The number of nitro groups is 1. The third kappa shape index (κ3) is 17.2. The summed E-state index contributed by atoms with van der Waals surface area (Å²) in [5.41, 5.74) is 8.18. The third-order valence-electron chi connectivity index (χ3n) is 11.3. The highest BCUT2D eigenvalue weighted by Crippen LogP contribution is 2.35. The summed E-state index contributed by atoms with van der Waals surface area (Å²) in [6, 6.07) is 13.2. The minimum atomic E-state index is -1.32. The van der Waals surface area contributed by atoms with Gasteiger partial charge in [-0.2, -0.15) is 0 Å². The lowest BCUT2D eigenvalue weighted by Gasteiger charge is -2.27. The molecule has 0 spiro atoms. The number of ether oxygens (including phenoxy) is 1. The fourth-order valence-electron chi connectivity index (χ4n) is 8.13. The maximum absolute atomic E-state index is 14.2. The Labute approximate surface area is 379 Å². The number of nitrogens with two attached hydrogens (primary N) is 1. The molecule has 1 saturated carbocycles. The first-order valence-corrected chi connectivity index (χ1v) is 22.6. The van der Waals surface area contributed by atoms with E-state index < -0.39 is 52.4 Å². The summed E-state index contributed by atoms with van der Waals surface area (Å²) in [4.78, 5) is 109. The van der Waals surface area contributed by atoms with E-state index in [0.29, 0.717) is 36.1 Å². The molecular formula is C46H65N9O10. The Bertz CT molecular complexity index is 1960. The van der Waals surface area contributed by atoms with Gasteiger partial charge in [0.15, 0.2) is 5.03 Å². The molecule has 2 aliphatic rings. The number of Topliss-reactive ketones (excluding diaryl/α,β-unsaturated/α-hetero) is 1. The molecule has 0 saturated heterocycles. The average molecular weight is 904 g/mol. The predicted molar refractivity (Wildman–Crippen MR) is 242 cm³/mol. The number of hydrazine groups is 1. The number of guanidine groups is 1. The van der Waals surface area contributed by atoms with Crippen molar-refractivity contribution in [2.24, 2.45) is 22.6 Å². The topological polar surface area (TPSA) is 274 Å². The quantitative estimate of drug-likeness (QED) is 0.0148. The van der Waals surface area contributed by atoms with Gasteiger partial charge >= 0.3 is 6.09 Å². The van der Waals surface area contributed by atoms with E-state index >= 15 is 0 Å². The van der Waals surface area contributed by atoms with Crippen LogP contribution in [0.3, 0.4) is 0 Å². The summed E-state index contributed by atoms with van der Waals surface area (Å²) in [6.45, 7) is 5.36. The fourth-order valence-corrected chi connectivity index (χ4v) is 8.13. The van der Waals surface area contributed by atoms with Crippen LogP contribution in [0.15, 0.2) is 59.6 Å². The number of imide groups is 1. The van der Waals surface area contributed by atoms with Crippen LogP contribution in [0.4, 0.5) is 4.79 Å². The first-order valence-electron chi connectivity index (χ1n) is 22.6. The first kappa shape index (κ1) is 51.2. The molecule has 19 heteroatoms. The van der Waals surface area contributed by atoms with Gasteiger partial charge in [0.05, 0.1) is 11.1 Å². The van der Waals surface area contributed by atoms with Gasteiger partial charge in [-0.25, -0.2) is 19.9 Å². The van der Waals surface area contributed by atoms with Crippen LogP contribution in [0.25, 0.3) is 0 Å². The second kappa shape index (κ2) is 25.8. The van der Waals surface area contributed by atoms with Gasteiger partial charge in [-0.15, -0.1) is 0 Å². The maximum atomic E-state index is 14.2. The van der Waals surface area contributed by atoms with Gasteiger partial charge in [0.1, 0.15) is 17.7 Å². The number of carbonyl (C=O) groups is 7. The van der Waals surface area contributed by atoms with Gasteiger partial charge in [-0.3, -0.25) is 33.7 Å². The Morgan fingerprint density at radius 1 is 0.800 bits per heavy atom. The Morgan fingerprint density at radius 3 is 2.02 bits per heavy atom. The summed E-state index contributed by atoms with van der Waals surface area (Å²) in [5.74, 6) is -4.09. The predicted octanol–water partition coefficient (Wildman–Crippen LogP) is 4.12. The number of ketones is 1. The lowest BCUT2D eigenvalue weighted by atomic mass is 9.85. The molecule has 19 nitrogen and oxygen atoms in total. The lowest BCUT2D eigenvalue weighted by Crippen LogP contribution is -2.55. The summed E-state index contributed by atoms with van der Waals surface area (Å²) in [6.07, 6.45) is 8.83. The van der Waals surface area contributed by atoms with Crippen molar-refractivity contribution in [3.05, 3.63) is 81.4 Å². The van der Waals surface area contributed by atoms with E-state index in [1.54, 1.807) is 80.8 Å². The Hall–Kier alpha value is -6.40. The second-order valence-electron chi connectivity index (χ2n) is 17.5. The zero-order chi connectivity index (χ0) is 47.4. The highest BCUT2D eigenvalue weighted by atomic mass is 16.7. The molecule has 354 valence electrons. The van der Waals surface area contributed by atoms with Gasteiger partial charge in [-0.1, -0.05) is 92.8 Å². The highest BCUT2D eigenvalue weighted by molar-refractivity contribution is 6.38. The SMILES string of the molecule is CC(C)(C)OC(=O)NCCNC(=O)C(=O)[C@H](Cc1ccccc1)NC(=O)[C@H](CCCN=C(N)N[N+](=O)[O-])NC(=O)[C@H](CCCCCCCCN1C(=O)c2ccccc2C1=O)C1CCCC1. The molecule has 1 aliphatic carbocycles. The van der Waals surface area contributed by atoms with Gasteiger partial charge < -0.3 is 31.7 Å². The molecule has 1 fully saturated rings. The summed E-state index contributed by atoms with van der Waals surface area (Å²) >= 11 is 0. The number of benzene rings is 2. The van der Waals surface area contributed by atoms with Crippen molar-refractivity contribution >= 4 is 47.4 Å². The number of hydrogen-bond donors (Lipinski definition) is 6. The molecule has 1 heterocycles. The van der Waals surface area contributed by atoms with Crippen molar-refractivity contribution in [3.63, 3.8) is 0 Å². The first-order chi connectivity index (χ1) is 31.0. The van der Waals surface area contributed by atoms with E-state index in [1.807, 2.05) is 0 Å². The summed E-state index contributed by atoms with van der Waals surface area (Å²) in [5, 5.41) is 20.6. The number of amides is 6. The fraction of sp³-hybridized carbons (Fsp3) is 0.565. The normalized spacial score (nSPS) is 15.4.